The van der Waals surface area contributed by atoms with Gasteiger partial charge in [0.05, 0.1) is 6.42 Å². The van der Waals surface area contributed by atoms with Crippen LogP contribution in [0.2, 0.25) is 0 Å². The standard InChI is InChI=1S/C16H19F2NO2/c1-3-7-19(8-4-2)14(11-16(20)21)10-12-9-13(17)5-6-15(12)18/h3-6,9,14H,1-2,7-8,10-11H2,(H,20,21). The van der Waals surface area contributed by atoms with Gasteiger partial charge in [-0.05, 0) is 30.2 Å². The van der Waals surface area contributed by atoms with E-state index in [1.807, 2.05) is 4.90 Å². The number of nitrogens with zero attached hydrogens (tertiary/aromatic N) is 1. The molecule has 1 aromatic rings. The Bertz CT molecular complexity index is 507. The van der Waals surface area contributed by atoms with Crippen LogP contribution < -0.4 is 0 Å². The lowest BCUT2D eigenvalue weighted by atomic mass is 10.0. The third-order valence-corrected chi connectivity index (χ3v) is 3.12. The number of carboxylic acids is 1. The zero-order chi connectivity index (χ0) is 15.8. The fourth-order valence-corrected chi connectivity index (χ4v) is 2.19. The minimum Gasteiger partial charge on any atom is -0.481 e. The zero-order valence-corrected chi connectivity index (χ0v) is 11.8. The molecule has 0 saturated heterocycles. The number of carbonyl (C=O) groups is 1. The highest BCUT2D eigenvalue weighted by Crippen LogP contribution is 2.17. The zero-order valence-electron chi connectivity index (χ0n) is 11.8. The van der Waals surface area contributed by atoms with E-state index in [1.165, 1.54) is 0 Å². The van der Waals surface area contributed by atoms with Gasteiger partial charge in [-0.25, -0.2) is 8.78 Å². The summed E-state index contributed by atoms with van der Waals surface area (Å²) in [7, 11) is 0. The first-order valence-electron chi connectivity index (χ1n) is 6.59. The van der Waals surface area contributed by atoms with E-state index in [0.717, 1.165) is 18.2 Å². The van der Waals surface area contributed by atoms with Crippen molar-refractivity contribution >= 4 is 5.97 Å². The van der Waals surface area contributed by atoms with Crippen LogP contribution in [0.5, 0.6) is 0 Å². The van der Waals surface area contributed by atoms with E-state index in [2.05, 4.69) is 13.2 Å². The lowest BCUT2D eigenvalue weighted by Crippen LogP contribution is -2.39. The number of hydrogen-bond acceptors (Lipinski definition) is 2. The van der Waals surface area contributed by atoms with Crippen molar-refractivity contribution < 1.29 is 18.7 Å². The second-order valence-corrected chi connectivity index (χ2v) is 4.72. The van der Waals surface area contributed by atoms with Gasteiger partial charge in [-0.2, -0.15) is 0 Å². The molecule has 1 unspecified atom stereocenters. The number of halogens is 2. The second-order valence-electron chi connectivity index (χ2n) is 4.72. The van der Waals surface area contributed by atoms with Crippen molar-refractivity contribution in [3.8, 4) is 0 Å². The lowest BCUT2D eigenvalue weighted by molar-refractivity contribution is -0.138. The van der Waals surface area contributed by atoms with E-state index in [4.69, 9.17) is 5.11 Å². The highest BCUT2D eigenvalue weighted by atomic mass is 19.1. The van der Waals surface area contributed by atoms with E-state index < -0.39 is 23.6 Å². The van der Waals surface area contributed by atoms with E-state index >= 15 is 0 Å². The molecule has 0 aliphatic carbocycles. The van der Waals surface area contributed by atoms with Gasteiger partial charge in [0.15, 0.2) is 0 Å². The molecular weight excluding hydrogens is 276 g/mol. The minimum atomic E-state index is -0.991. The summed E-state index contributed by atoms with van der Waals surface area (Å²) in [5.41, 5.74) is 0.166. The Kier molecular flexibility index (Phi) is 6.75. The molecule has 21 heavy (non-hydrogen) atoms. The largest absolute Gasteiger partial charge is 0.481 e. The Morgan fingerprint density at radius 2 is 1.90 bits per heavy atom. The molecule has 0 heterocycles. The van der Waals surface area contributed by atoms with Crippen molar-refractivity contribution in [2.24, 2.45) is 0 Å². The van der Waals surface area contributed by atoms with Crippen LogP contribution in [0, 0.1) is 11.6 Å². The van der Waals surface area contributed by atoms with Crippen molar-refractivity contribution in [2.75, 3.05) is 13.1 Å². The number of hydrogen-bond donors (Lipinski definition) is 1. The van der Waals surface area contributed by atoms with E-state index in [9.17, 15) is 13.6 Å². The van der Waals surface area contributed by atoms with Gasteiger partial charge in [0.25, 0.3) is 0 Å². The van der Waals surface area contributed by atoms with Crippen molar-refractivity contribution in [3.05, 3.63) is 60.7 Å². The molecule has 1 atom stereocenters. The van der Waals surface area contributed by atoms with Crippen LogP contribution in [0.4, 0.5) is 8.78 Å². The summed E-state index contributed by atoms with van der Waals surface area (Å²) < 4.78 is 27.0. The lowest BCUT2D eigenvalue weighted by Gasteiger charge is -2.29. The molecule has 114 valence electrons. The molecule has 0 aliphatic heterocycles. The summed E-state index contributed by atoms with van der Waals surface area (Å²) in [6.45, 7) is 8.14. The van der Waals surface area contributed by atoms with Crippen LogP contribution in [0.3, 0.4) is 0 Å². The van der Waals surface area contributed by atoms with Crippen LogP contribution in [0.15, 0.2) is 43.5 Å². The molecule has 5 heteroatoms. The normalized spacial score (nSPS) is 12.1. The van der Waals surface area contributed by atoms with Crippen LogP contribution in [0.25, 0.3) is 0 Å². The SMILES string of the molecule is C=CCN(CC=C)C(CC(=O)O)Cc1cc(F)ccc1F. The number of rotatable bonds is 9. The first-order chi connectivity index (χ1) is 9.97. The topological polar surface area (TPSA) is 40.5 Å². The fourth-order valence-electron chi connectivity index (χ4n) is 2.19. The molecular formula is C16H19F2NO2. The minimum absolute atomic E-state index is 0.109. The van der Waals surface area contributed by atoms with E-state index in [0.29, 0.717) is 13.1 Å². The smallest absolute Gasteiger partial charge is 0.304 e. The Labute approximate surface area is 123 Å². The number of benzene rings is 1. The quantitative estimate of drug-likeness (QED) is 0.712. The third-order valence-electron chi connectivity index (χ3n) is 3.12. The van der Waals surface area contributed by atoms with Gasteiger partial charge in [0, 0.05) is 19.1 Å². The van der Waals surface area contributed by atoms with E-state index in [-0.39, 0.29) is 18.4 Å². The Hall–Kier alpha value is -2.01. The van der Waals surface area contributed by atoms with Gasteiger partial charge in [-0.15, -0.1) is 13.2 Å². The molecule has 3 nitrogen and oxygen atoms in total. The third kappa shape index (κ3) is 5.47. The second kappa shape index (κ2) is 8.32. The molecule has 0 saturated carbocycles. The average molecular weight is 295 g/mol. The van der Waals surface area contributed by atoms with Crippen LogP contribution in [-0.4, -0.2) is 35.1 Å². The predicted octanol–water partition coefficient (Wildman–Crippen LogP) is 3.02. The van der Waals surface area contributed by atoms with Crippen LogP contribution in [-0.2, 0) is 11.2 Å². The van der Waals surface area contributed by atoms with Crippen molar-refractivity contribution in [1.29, 1.82) is 0 Å². The highest BCUT2D eigenvalue weighted by molar-refractivity contribution is 5.67. The van der Waals surface area contributed by atoms with Gasteiger partial charge < -0.3 is 5.11 Å². The summed E-state index contributed by atoms with van der Waals surface area (Å²) in [5, 5.41) is 9.02. The van der Waals surface area contributed by atoms with Crippen molar-refractivity contribution in [2.45, 2.75) is 18.9 Å². The molecule has 0 aliphatic rings. The first-order valence-corrected chi connectivity index (χ1v) is 6.59. The summed E-state index contributed by atoms with van der Waals surface area (Å²) in [4.78, 5) is 12.8. The predicted molar refractivity (Wildman–Crippen MR) is 78.1 cm³/mol. The maximum Gasteiger partial charge on any atom is 0.304 e. The van der Waals surface area contributed by atoms with Crippen LogP contribution in [0.1, 0.15) is 12.0 Å². The Morgan fingerprint density at radius 3 is 2.43 bits per heavy atom. The molecule has 1 aromatic carbocycles. The van der Waals surface area contributed by atoms with Crippen LogP contribution >= 0.6 is 0 Å². The van der Waals surface area contributed by atoms with Gasteiger partial charge >= 0.3 is 5.97 Å². The van der Waals surface area contributed by atoms with Gasteiger partial charge in [-0.1, -0.05) is 12.2 Å². The van der Waals surface area contributed by atoms with Gasteiger partial charge in [-0.3, -0.25) is 9.69 Å². The fraction of sp³-hybridized carbons (Fsp3) is 0.312. The molecule has 1 rings (SSSR count). The molecule has 0 fully saturated rings. The molecule has 0 radical (unpaired) electrons. The first kappa shape index (κ1) is 17.0. The molecule has 1 N–H and O–H groups in total. The summed E-state index contributed by atoms with van der Waals surface area (Å²) >= 11 is 0. The molecule has 0 aromatic heterocycles. The molecule has 0 amide bonds. The summed E-state index contributed by atoms with van der Waals surface area (Å²) in [6.07, 6.45) is 3.22. The van der Waals surface area contributed by atoms with Gasteiger partial charge in [0.1, 0.15) is 11.6 Å². The number of carboxylic acid groups (broad SMARTS) is 1. The van der Waals surface area contributed by atoms with Crippen molar-refractivity contribution in [1.82, 2.24) is 4.90 Å². The molecule has 0 spiro atoms. The van der Waals surface area contributed by atoms with Crippen molar-refractivity contribution in [3.63, 3.8) is 0 Å². The maximum absolute atomic E-state index is 13.7. The Balaban J connectivity index is 3.00. The summed E-state index contributed by atoms with van der Waals surface area (Å²) in [5.74, 6) is -2.07. The number of aliphatic carboxylic acids is 1. The highest BCUT2D eigenvalue weighted by Gasteiger charge is 2.22. The average Bonchev–Trinajstić information content (AvgIpc) is 2.41. The maximum atomic E-state index is 13.7. The summed E-state index contributed by atoms with van der Waals surface area (Å²) in [6, 6.07) is 2.73. The monoisotopic (exact) mass is 295 g/mol. The Morgan fingerprint density at radius 1 is 1.29 bits per heavy atom. The van der Waals surface area contributed by atoms with E-state index in [1.54, 1.807) is 12.2 Å². The van der Waals surface area contributed by atoms with Gasteiger partial charge in [0.2, 0.25) is 0 Å². The molecule has 0 bridgehead atoms.